The SMILES string of the molecule is Fc1ccccc1-c1cncc2[nH]c(-c3n[nH]c4ccc(-c5ccncc5)nc34)cc12. The van der Waals surface area contributed by atoms with Crippen LogP contribution in [-0.2, 0) is 0 Å². The van der Waals surface area contributed by atoms with E-state index < -0.39 is 0 Å². The molecule has 0 aliphatic heterocycles. The molecule has 0 atom stereocenters. The first kappa shape index (κ1) is 17.5. The Kier molecular flexibility index (Phi) is 3.86. The molecule has 0 saturated heterocycles. The molecule has 6 nitrogen and oxygen atoms in total. The highest BCUT2D eigenvalue weighted by atomic mass is 19.1. The molecule has 0 bridgehead atoms. The molecule has 31 heavy (non-hydrogen) atoms. The van der Waals surface area contributed by atoms with Crippen molar-refractivity contribution in [2.75, 3.05) is 0 Å². The molecule has 0 aliphatic carbocycles. The second kappa shape index (κ2) is 6.84. The Hall–Kier alpha value is -4.39. The fourth-order valence-electron chi connectivity index (χ4n) is 3.84. The Morgan fingerprint density at radius 3 is 2.55 bits per heavy atom. The summed E-state index contributed by atoms with van der Waals surface area (Å²) < 4.78 is 14.4. The minimum Gasteiger partial charge on any atom is -0.352 e. The number of hydrogen-bond donors (Lipinski definition) is 2. The van der Waals surface area contributed by atoms with Crippen molar-refractivity contribution in [2.24, 2.45) is 0 Å². The molecule has 0 saturated carbocycles. The van der Waals surface area contributed by atoms with E-state index in [1.807, 2.05) is 36.4 Å². The smallest absolute Gasteiger partial charge is 0.135 e. The van der Waals surface area contributed by atoms with Crippen LogP contribution in [0.5, 0.6) is 0 Å². The topological polar surface area (TPSA) is 83.1 Å². The summed E-state index contributed by atoms with van der Waals surface area (Å²) in [5.74, 6) is -0.284. The zero-order valence-electron chi connectivity index (χ0n) is 16.2. The highest BCUT2D eigenvalue weighted by molar-refractivity contribution is 6.00. The number of rotatable bonds is 3. The Labute approximate surface area is 175 Å². The van der Waals surface area contributed by atoms with Crippen molar-refractivity contribution in [3.05, 3.63) is 85.2 Å². The molecule has 2 N–H and O–H groups in total. The molecule has 6 rings (SSSR count). The van der Waals surface area contributed by atoms with E-state index >= 15 is 0 Å². The standard InChI is InChI=1S/C24H15FN6/c25-18-4-2-1-3-15(18)17-12-27-13-22-16(17)11-21(28-22)24-23-20(30-31-24)6-5-19(29-23)14-7-9-26-10-8-14/h1-13,28H,(H,30,31). The van der Waals surface area contributed by atoms with Gasteiger partial charge in [0.05, 0.1) is 28.6 Å². The Bertz CT molecular complexity index is 1550. The molecule has 0 unspecified atom stereocenters. The summed E-state index contributed by atoms with van der Waals surface area (Å²) in [6.07, 6.45) is 6.90. The van der Waals surface area contributed by atoms with Crippen molar-refractivity contribution in [1.29, 1.82) is 0 Å². The summed E-state index contributed by atoms with van der Waals surface area (Å²) in [5.41, 5.74) is 6.92. The lowest BCUT2D eigenvalue weighted by atomic mass is 10.0. The van der Waals surface area contributed by atoms with Gasteiger partial charge in [0.1, 0.15) is 17.0 Å². The van der Waals surface area contributed by atoms with Crippen molar-refractivity contribution in [3.63, 3.8) is 0 Å². The normalized spacial score (nSPS) is 11.4. The third-order valence-electron chi connectivity index (χ3n) is 5.35. The van der Waals surface area contributed by atoms with E-state index in [0.29, 0.717) is 11.3 Å². The van der Waals surface area contributed by atoms with Crippen LogP contribution in [0, 0.1) is 5.82 Å². The monoisotopic (exact) mass is 406 g/mol. The lowest BCUT2D eigenvalue weighted by Crippen LogP contribution is -1.86. The fraction of sp³-hybridized carbons (Fsp3) is 0. The summed E-state index contributed by atoms with van der Waals surface area (Å²) in [6, 6.07) is 16.4. The molecule has 5 heterocycles. The molecule has 0 spiro atoms. The predicted molar refractivity (Wildman–Crippen MR) is 118 cm³/mol. The number of aromatic amines is 2. The molecule has 7 heteroatoms. The van der Waals surface area contributed by atoms with Gasteiger partial charge in [-0.2, -0.15) is 5.10 Å². The molecule has 0 fully saturated rings. The number of H-pyrrole nitrogens is 2. The number of benzene rings is 1. The highest BCUT2D eigenvalue weighted by Gasteiger charge is 2.16. The molecule has 5 aromatic heterocycles. The summed E-state index contributed by atoms with van der Waals surface area (Å²) in [7, 11) is 0. The van der Waals surface area contributed by atoms with Gasteiger partial charge in [-0.05, 0) is 36.4 Å². The molecule has 0 amide bonds. The Balaban J connectivity index is 1.53. The predicted octanol–water partition coefficient (Wildman–Crippen LogP) is 5.37. The zero-order valence-corrected chi connectivity index (χ0v) is 16.2. The van der Waals surface area contributed by atoms with Gasteiger partial charge >= 0.3 is 0 Å². The van der Waals surface area contributed by atoms with Crippen LogP contribution in [0.3, 0.4) is 0 Å². The van der Waals surface area contributed by atoms with Gasteiger partial charge in [-0.15, -0.1) is 0 Å². The maximum atomic E-state index is 14.4. The quantitative estimate of drug-likeness (QED) is 0.414. The molecule has 6 aromatic rings. The van der Waals surface area contributed by atoms with Gasteiger partial charge in [0.2, 0.25) is 0 Å². The van der Waals surface area contributed by atoms with Crippen molar-refractivity contribution < 1.29 is 4.39 Å². The average molecular weight is 406 g/mol. The van der Waals surface area contributed by atoms with Gasteiger partial charge in [0, 0.05) is 40.7 Å². The van der Waals surface area contributed by atoms with Gasteiger partial charge < -0.3 is 4.98 Å². The number of nitrogens with zero attached hydrogens (tertiary/aromatic N) is 4. The maximum absolute atomic E-state index is 14.4. The molecular weight excluding hydrogens is 391 g/mol. The van der Waals surface area contributed by atoms with Crippen molar-refractivity contribution in [2.45, 2.75) is 0 Å². The van der Waals surface area contributed by atoms with E-state index in [1.165, 1.54) is 6.07 Å². The maximum Gasteiger partial charge on any atom is 0.135 e. The van der Waals surface area contributed by atoms with Crippen LogP contribution in [0.25, 0.3) is 55.7 Å². The van der Waals surface area contributed by atoms with Crippen LogP contribution < -0.4 is 0 Å². The molecule has 0 aliphatic rings. The van der Waals surface area contributed by atoms with Crippen LogP contribution in [0.1, 0.15) is 0 Å². The number of fused-ring (bicyclic) bond motifs is 2. The zero-order chi connectivity index (χ0) is 20.8. The van der Waals surface area contributed by atoms with Gasteiger partial charge in [0.25, 0.3) is 0 Å². The molecule has 1 aromatic carbocycles. The van der Waals surface area contributed by atoms with Crippen LogP contribution in [0.15, 0.2) is 79.4 Å². The van der Waals surface area contributed by atoms with E-state index in [4.69, 9.17) is 4.98 Å². The first-order valence-electron chi connectivity index (χ1n) is 9.75. The first-order chi connectivity index (χ1) is 15.3. The van der Waals surface area contributed by atoms with Crippen molar-refractivity contribution in [1.82, 2.24) is 30.1 Å². The molecule has 0 radical (unpaired) electrons. The summed E-state index contributed by atoms with van der Waals surface area (Å²) >= 11 is 0. The summed E-state index contributed by atoms with van der Waals surface area (Å²) in [5, 5.41) is 8.41. The number of halogens is 1. The lowest BCUT2D eigenvalue weighted by molar-refractivity contribution is 0.631. The largest absolute Gasteiger partial charge is 0.352 e. The van der Waals surface area contributed by atoms with Gasteiger partial charge in [-0.3, -0.25) is 15.1 Å². The lowest BCUT2D eigenvalue weighted by Gasteiger charge is -2.03. The number of nitrogens with one attached hydrogen (secondary N) is 2. The van der Waals surface area contributed by atoms with Crippen LogP contribution in [-0.4, -0.2) is 30.1 Å². The molecule has 148 valence electrons. The number of aromatic nitrogens is 6. The van der Waals surface area contributed by atoms with E-state index in [-0.39, 0.29) is 5.82 Å². The van der Waals surface area contributed by atoms with E-state index in [2.05, 4.69) is 25.1 Å². The fourth-order valence-corrected chi connectivity index (χ4v) is 3.84. The van der Waals surface area contributed by atoms with Crippen molar-refractivity contribution >= 4 is 21.9 Å². The Morgan fingerprint density at radius 1 is 0.806 bits per heavy atom. The van der Waals surface area contributed by atoms with E-state index in [1.54, 1.807) is 36.9 Å². The Morgan fingerprint density at radius 2 is 1.68 bits per heavy atom. The average Bonchev–Trinajstić information content (AvgIpc) is 3.43. The minimum absolute atomic E-state index is 0.284. The number of pyridine rings is 3. The second-order valence-electron chi connectivity index (χ2n) is 7.21. The third-order valence-corrected chi connectivity index (χ3v) is 5.35. The summed E-state index contributed by atoms with van der Waals surface area (Å²) in [6.45, 7) is 0. The third kappa shape index (κ3) is 2.86. The van der Waals surface area contributed by atoms with Crippen LogP contribution in [0.2, 0.25) is 0 Å². The first-order valence-corrected chi connectivity index (χ1v) is 9.75. The van der Waals surface area contributed by atoms with Gasteiger partial charge in [-0.1, -0.05) is 18.2 Å². The van der Waals surface area contributed by atoms with E-state index in [0.717, 1.165) is 44.5 Å². The second-order valence-corrected chi connectivity index (χ2v) is 7.21. The minimum atomic E-state index is -0.284. The van der Waals surface area contributed by atoms with Gasteiger partial charge in [-0.25, -0.2) is 9.37 Å². The van der Waals surface area contributed by atoms with Crippen LogP contribution in [0.4, 0.5) is 4.39 Å². The highest BCUT2D eigenvalue weighted by Crippen LogP contribution is 2.34. The van der Waals surface area contributed by atoms with Crippen molar-refractivity contribution in [3.8, 4) is 33.8 Å². The van der Waals surface area contributed by atoms with Gasteiger partial charge in [0.15, 0.2) is 0 Å². The summed E-state index contributed by atoms with van der Waals surface area (Å²) in [4.78, 5) is 16.6. The number of hydrogen-bond acceptors (Lipinski definition) is 4. The van der Waals surface area contributed by atoms with Crippen LogP contribution >= 0.6 is 0 Å². The molecular formula is C24H15FN6. The van der Waals surface area contributed by atoms with E-state index in [9.17, 15) is 4.39 Å².